The standard InChI is InChI=1S/C21H21N3OS/c22-23-21-24(18-8-4-5-9-20(18)26-21)14-19(25)17-12-10-16(11-13-17)15-6-2-1-3-7-15/h1-3,6-7,10-13H,4-5,8-9,14,22H2. The molecular formula is C21H21N3OS. The fourth-order valence-corrected chi connectivity index (χ4v) is 4.65. The topological polar surface area (TPSA) is 60.4 Å². The second-order valence-corrected chi connectivity index (χ2v) is 7.61. The van der Waals surface area contributed by atoms with Crippen LogP contribution in [0, 0.1) is 0 Å². The minimum absolute atomic E-state index is 0.0886. The number of carbonyl (C=O) groups is 1. The third-order valence-corrected chi connectivity index (χ3v) is 6.08. The molecular weight excluding hydrogens is 342 g/mol. The molecule has 1 heterocycles. The van der Waals surface area contributed by atoms with Crippen molar-refractivity contribution in [3.63, 3.8) is 0 Å². The van der Waals surface area contributed by atoms with E-state index in [4.69, 9.17) is 5.84 Å². The molecule has 0 saturated carbocycles. The van der Waals surface area contributed by atoms with Gasteiger partial charge in [0.05, 0.1) is 6.54 Å². The largest absolute Gasteiger partial charge is 0.320 e. The molecule has 3 aromatic rings. The Balaban J connectivity index is 1.59. The predicted molar refractivity (Wildman–Crippen MR) is 105 cm³/mol. The van der Waals surface area contributed by atoms with Gasteiger partial charge < -0.3 is 10.4 Å². The maximum absolute atomic E-state index is 12.8. The number of aryl methyl sites for hydroxylation is 1. The van der Waals surface area contributed by atoms with E-state index in [9.17, 15) is 4.79 Å². The molecule has 0 bridgehead atoms. The Bertz CT molecular complexity index is 984. The van der Waals surface area contributed by atoms with Crippen molar-refractivity contribution in [1.82, 2.24) is 4.57 Å². The molecule has 4 nitrogen and oxygen atoms in total. The van der Waals surface area contributed by atoms with Gasteiger partial charge in [0.15, 0.2) is 5.78 Å². The van der Waals surface area contributed by atoms with Crippen molar-refractivity contribution in [1.29, 1.82) is 0 Å². The molecule has 26 heavy (non-hydrogen) atoms. The first-order valence-corrected chi connectivity index (χ1v) is 9.72. The van der Waals surface area contributed by atoms with Gasteiger partial charge in [-0.25, -0.2) is 0 Å². The van der Waals surface area contributed by atoms with Crippen LogP contribution in [0.4, 0.5) is 0 Å². The highest BCUT2D eigenvalue weighted by atomic mass is 32.1. The van der Waals surface area contributed by atoms with Crippen LogP contribution in [0.3, 0.4) is 0 Å². The Morgan fingerprint density at radius 3 is 2.42 bits per heavy atom. The number of benzene rings is 2. The van der Waals surface area contributed by atoms with E-state index in [2.05, 4.69) is 17.2 Å². The zero-order chi connectivity index (χ0) is 17.9. The molecule has 2 N–H and O–H groups in total. The Morgan fingerprint density at radius 1 is 1.00 bits per heavy atom. The maximum atomic E-state index is 12.8. The van der Waals surface area contributed by atoms with E-state index in [-0.39, 0.29) is 5.78 Å². The molecule has 0 radical (unpaired) electrons. The highest BCUT2D eigenvalue weighted by Crippen LogP contribution is 2.24. The molecule has 0 aliphatic heterocycles. The van der Waals surface area contributed by atoms with Gasteiger partial charge in [0.1, 0.15) is 0 Å². The van der Waals surface area contributed by atoms with Crippen LogP contribution in [0.25, 0.3) is 11.1 Å². The van der Waals surface area contributed by atoms with E-state index >= 15 is 0 Å². The van der Waals surface area contributed by atoms with E-state index in [0.717, 1.165) is 40.8 Å². The average Bonchev–Trinajstić information content (AvgIpc) is 3.06. The minimum Gasteiger partial charge on any atom is -0.320 e. The second-order valence-electron chi connectivity index (χ2n) is 6.54. The number of hydrogen-bond acceptors (Lipinski definition) is 4. The highest BCUT2D eigenvalue weighted by Gasteiger charge is 2.19. The lowest BCUT2D eigenvalue weighted by molar-refractivity contribution is 0.0970. The van der Waals surface area contributed by atoms with Gasteiger partial charge in [-0.1, -0.05) is 65.9 Å². The summed E-state index contributed by atoms with van der Waals surface area (Å²) in [6.07, 6.45) is 4.43. The van der Waals surface area contributed by atoms with Crippen molar-refractivity contribution in [2.24, 2.45) is 10.9 Å². The lowest BCUT2D eigenvalue weighted by Gasteiger charge is -2.14. The number of nitrogens with two attached hydrogens (primary N) is 1. The number of rotatable bonds is 4. The molecule has 1 aliphatic rings. The molecule has 2 aromatic carbocycles. The van der Waals surface area contributed by atoms with Gasteiger partial charge in [-0.15, -0.1) is 0 Å². The van der Waals surface area contributed by atoms with Crippen molar-refractivity contribution in [3.05, 3.63) is 75.5 Å². The molecule has 5 heteroatoms. The van der Waals surface area contributed by atoms with Crippen molar-refractivity contribution in [2.45, 2.75) is 32.2 Å². The summed E-state index contributed by atoms with van der Waals surface area (Å²) in [7, 11) is 0. The van der Waals surface area contributed by atoms with Gasteiger partial charge in [-0.05, 0) is 36.8 Å². The van der Waals surface area contributed by atoms with Crippen LogP contribution in [0.5, 0.6) is 0 Å². The van der Waals surface area contributed by atoms with E-state index in [1.807, 2.05) is 47.0 Å². The zero-order valence-corrected chi connectivity index (χ0v) is 15.3. The van der Waals surface area contributed by atoms with E-state index in [0.29, 0.717) is 6.54 Å². The van der Waals surface area contributed by atoms with E-state index in [1.54, 1.807) is 11.3 Å². The summed E-state index contributed by atoms with van der Waals surface area (Å²) in [5.74, 6) is 5.65. The Kier molecular flexibility index (Phi) is 4.71. The molecule has 0 saturated heterocycles. The fraction of sp³-hybridized carbons (Fsp3) is 0.238. The van der Waals surface area contributed by atoms with Gasteiger partial charge in [-0.2, -0.15) is 5.10 Å². The Morgan fingerprint density at radius 2 is 1.69 bits per heavy atom. The number of thiazole rings is 1. The van der Waals surface area contributed by atoms with E-state index < -0.39 is 0 Å². The Labute approximate surface area is 156 Å². The first kappa shape index (κ1) is 16.8. The maximum Gasteiger partial charge on any atom is 0.208 e. The minimum atomic E-state index is 0.0886. The summed E-state index contributed by atoms with van der Waals surface area (Å²) in [4.78, 5) is 14.9. The van der Waals surface area contributed by atoms with Gasteiger partial charge in [0.2, 0.25) is 4.80 Å². The van der Waals surface area contributed by atoms with Gasteiger partial charge in [0, 0.05) is 16.1 Å². The highest BCUT2D eigenvalue weighted by molar-refractivity contribution is 7.09. The van der Waals surface area contributed by atoms with Crippen molar-refractivity contribution < 1.29 is 4.79 Å². The number of fused-ring (bicyclic) bond motifs is 1. The third kappa shape index (κ3) is 3.22. The average molecular weight is 363 g/mol. The van der Waals surface area contributed by atoms with E-state index in [1.165, 1.54) is 17.0 Å². The van der Waals surface area contributed by atoms with Crippen LogP contribution in [0.1, 0.15) is 33.8 Å². The zero-order valence-electron chi connectivity index (χ0n) is 14.5. The molecule has 1 aliphatic carbocycles. The molecule has 0 amide bonds. The molecule has 0 spiro atoms. The quantitative estimate of drug-likeness (QED) is 0.436. The fourth-order valence-electron chi connectivity index (χ4n) is 3.51. The van der Waals surface area contributed by atoms with Crippen LogP contribution >= 0.6 is 11.3 Å². The lowest BCUT2D eigenvalue weighted by Crippen LogP contribution is -2.24. The van der Waals surface area contributed by atoms with Gasteiger partial charge in [-0.3, -0.25) is 4.79 Å². The number of ketones is 1. The molecule has 0 atom stereocenters. The van der Waals surface area contributed by atoms with Crippen LogP contribution in [0.15, 0.2) is 59.7 Å². The Hall–Kier alpha value is -2.66. The van der Waals surface area contributed by atoms with Crippen LogP contribution < -0.4 is 10.6 Å². The number of Topliss-reactive ketones (excluding diaryl/α,β-unsaturated/α-hetero) is 1. The lowest BCUT2D eigenvalue weighted by atomic mass is 10.0. The summed E-state index contributed by atoms with van der Waals surface area (Å²) < 4.78 is 2.01. The summed E-state index contributed by atoms with van der Waals surface area (Å²) in [6.45, 7) is 0.298. The van der Waals surface area contributed by atoms with Crippen LogP contribution in [-0.2, 0) is 19.4 Å². The summed E-state index contributed by atoms with van der Waals surface area (Å²) in [5, 5.41) is 3.91. The van der Waals surface area contributed by atoms with Crippen LogP contribution in [-0.4, -0.2) is 10.4 Å². The van der Waals surface area contributed by atoms with Crippen LogP contribution in [0.2, 0.25) is 0 Å². The van der Waals surface area contributed by atoms with Crippen molar-refractivity contribution in [3.8, 4) is 11.1 Å². The molecule has 1 aromatic heterocycles. The number of hydrogen-bond donors (Lipinski definition) is 1. The third-order valence-electron chi connectivity index (χ3n) is 4.89. The monoisotopic (exact) mass is 363 g/mol. The first-order valence-electron chi connectivity index (χ1n) is 8.90. The summed E-state index contributed by atoms with van der Waals surface area (Å²) >= 11 is 1.62. The molecule has 4 rings (SSSR count). The molecule has 0 unspecified atom stereocenters. The molecule has 0 fully saturated rings. The first-order chi connectivity index (χ1) is 12.8. The van der Waals surface area contributed by atoms with Gasteiger partial charge in [0.25, 0.3) is 0 Å². The SMILES string of the molecule is NN=c1sc2c(n1CC(=O)c1ccc(-c3ccccc3)cc1)CCCC2. The van der Waals surface area contributed by atoms with Crippen molar-refractivity contribution >= 4 is 17.1 Å². The number of aromatic nitrogens is 1. The van der Waals surface area contributed by atoms with Crippen molar-refractivity contribution in [2.75, 3.05) is 0 Å². The number of carbonyl (C=O) groups excluding carboxylic acids is 1. The predicted octanol–water partition coefficient (Wildman–Crippen LogP) is 3.75. The summed E-state index contributed by atoms with van der Waals surface area (Å²) in [5.41, 5.74) is 4.22. The summed E-state index contributed by atoms with van der Waals surface area (Å²) in [6, 6.07) is 18.0. The molecule has 132 valence electrons. The number of nitrogens with zero attached hydrogens (tertiary/aromatic N) is 2. The smallest absolute Gasteiger partial charge is 0.208 e. The van der Waals surface area contributed by atoms with Gasteiger partial charge >= 0.3 is 0 Å². The second kappa shape index (κ2) is 7.30. The normalized spacial score (nSPS) is 14.2.